The van der Waals surface area contributed by atoms with E-state index in [2.05, 4.69) is 20.4 Å². The smallest absolute Gasteiger partial charge is 0.260 e. The largest absolute Gasteiger partial charge is 0.352 e. The van der Waals surface area contributed by atoms with E-state index in [9.17, 15) is 13.2 Å². The van der Waals surface area contributed by atoms with Crippen LogP contribution in [0.15, 0.2) is 17.3 Å². The van der Waals surface area contributed by atoms with E-state index in [0.29, 0.717) is 32.2 Å². The van der Waals surface area contributed by atoms with Crippen molar-refractivity contribution in [2.75, 3.05) is 26.2 Å². The first-order chi connectivity index (χ1) is 12.0. The highest BCUT2D eigenvalue weighted by Gasteiger charge is 2.32. The summed E-state index contributed by atoms with van der Waals surface area (Å²) < 4.78 is 26.4. The SMILES string of the molecule is CC(C(=O)NC1CCCCC1)N1CCN(S(=O)(=O)c2ccn[nH]2)CC1. The van der Waals surface area contributed by atoms with Gasteiger partial charge >= 0.3 is 0 Å². The van der Waals surface area contributed by atoms with Gasteiger partial charge in [-0.05, 0) is 25.8 Å². The molecule has 0 bridgehead atoms. The predicted molar refractivity (Wildman–Crippen MR) is 93.4 cm³/mol. The zero-order valence-electron chi connectivity index (χ0n) is 14.6. The normalized spacial score (nSPS) is 22.6. The summed E-state index contributed by atoms with van der Waals surface area (Å²) in [5.41, 5.74) is 0. The summed E-state index contributed by atoms with van der Waals surface area (Å²) in [7, 11) is -3.52. The second-order valence-corrected chi connectivity index (χ2v) is 8.79. The number of hydrogen-bond acceptors (Lipinski definition) is 5. The molecule has 9 heteroatoms. The van der Waals surface area contributed by atoms with E-state index in [1.54, 1.807) is 0 Å². The number of carbonyl (C=O) groups is 1. The molecule has 1 atom stereocenters. The molecular formula is C16H27N5O3S. The zero-order valence-corrected chi connectivity index (χ0v) is 15.5. The van der Waals surface area contributed by atoms with Crippen molar-refractivity contribution in [2.24, 2.45) is 0 Å². The van der Waals surface area contributed by atoms with Crippen molar-refractivity contribution in [1.82, 2.24) is 24.7 Å². The van der Waals surface area contributed by atoms with E-state index in [4.69, 9.17) is 0 Å². The van der Waals surface area contributed by atoms with Gasteiger partial charge in [0.1, 0.15) is 0 Å². The third-order valence-corrected chi connectivity index (χ3v) is 7.07. The molecule has 2 fully saturated rings. The van der Waals surface area contributed by atoms with Crippen molar-refractivity contribution in [1.29, 1.82) is 0 Å². The Morgan fingerprint density at radius 1 is 1.24 bits per heavy atom. The minimum atomic E-state index is -3.52. The number of sulfonamides is 1. The Bertz CT molecular complexity index is 662. The Labute approximate surface area is 149 Å². The predicted octanol–water partition coefficient (Wildman–Crippen LogP) is 0.553. The summed E-state index contributed by atoms with van der Waals surface area (Å²) in [6.07, 6.45) is 7.19. The van der Waals surface area contributed by atoms with E-state index >= 15 is 0 Å². The van der Waals surface area contributed by atoms with Gasteiger partial charge in [0, 0.05) is 32.2 Å². The van der Waals surface area contributed by atoms with Crippen molar-refractivity contribution < 1.29 is 13.2 Å². The average Bonchev–Trinajstić information content (AvgIpc) is 3.17. The number of H-pyrrole nitrogens is 1. The minimum Gasteiger partial charge on any atom is -0.352 e. The summed E-state index contributed by atoms with van der Waals surface area (Å²) in [6, 6.07) is 1.52. The van der Waals surface area contributed by atoms with Crippen LogP contribution >= 0.6 is 0 Å². The summed E-state index contributed by atoms with van der Waals surface area (Å²) in [6.45, 7) is 3.75. The maximum Gasteiger partial charge on any atom is 0.260 e. The molecule has 2 heterocycles. The molecule has 1 amide bonds. The first kappa shape index (κ1) is 18.3. The van der Waals surface area contributed by atoms with Crippen LogP contribution in [0.2, 0.25) is 0 Å². The van der Waals surface area contributed by atoms with Gasteiger partial charge in [0.2, 0.25) is 5.91 Å². The maximum atomic E-state index is 12.5. The average molecular weight is 369 g/mol. The second kappa shape index (κ2) is 7.84. The molecular weight excluding hydrogens is 342 g/mol. The number of aromatic amines is 1. The fourth-order valence-corrected chi connectivity index (χ4v) is 4.91. The van der Waals surface area contributed by atoms with Crippen LogP contribution in [0.1, 0.15) is 39.0 Å². The van der Waals surface area contributed by atoms with E-state index < -0.39 is 10.0 Å². The summed E-state index contributed by atoms with van der Waals surface area (Å²) in [5, 5.41) is 9.49. The molecule has 1 aliphatic heterocycles. The van der Waals surface area contributed by atoms with Crippen LogP contribution in [0.3, 0.4) is 0 Å². The van der Waals surface area contributed by atoms with Crippen LogP contribution in [0.4, 0.5) is 0 Å². The third kappa shape index (κ3) is 4.21. The van der Waals surface area contributed by atoms with Gasteiger partial charge in [0.05, 0.1) is 12.2 Å². The quantitative estimate of drug-likeness (QED) is 0.790. The molecule has 2 N–H and O–H groups in total. The van der Waals surface area contributed by atoms with Crippen molar-refractivity contribution in [3.8, 4) is 0 Å². The van der Waals surface area contributed by atoms with Crippen LogP contribution in [-0.2, 0) is 14.8 Å². The molecule has 1 aromatic rings. The molecule has 1 aromatic heterocycles. The molecule has 2 aliphatic rings. The van der Waals surface area contributed by atoms with E-state index in [1.807, 2.05) is 6.92 Å². The Kier molecular flexibility index (Phi) is 5.75. The Balaban J connectivity index is 1.52. The number of amides is 1. The van der Waals surface area contributed by atoms with Crippen LogP contribution in [0.5, 0.6) is 0 Å². The topological polar surface area (TPSA) is 98.4 Å². The number of carbonyl (C=O) groups excluding carboxylic acids is 1. The Morgan fingerprint density at radius 3 is 2.52 bits per heavy atom. The van der Waals surface area contributed by atoms with Crippen LogP contribution in [0, 0.1) is 0 Å². The molecule has 25 heavy (non-hydrogen) atoms. The molecule has 140 valence electrons. The van der Waals surface area contributed by atoms with E-state index in [-0.39, 0.29) is 17.0 Å². The van der Waals surface area contributed by atoms with Gasteiger partial charge in [-0.2, -0.15) is 9.40 Å². The lowest BCUT2D eigenvalue weighted by molar-refractivity contribution is -0.127. The number of aromatic nitrogens is 2. The summed E-state index contributed by atoms with van der Waals surface area (Å²) in [5.74, 6) is 0.0526. The van der Waals surface area contributed by atoms with Gasteiger partial charge in [-0.1, -0.05) is 19.3 Å². The molecule has 0 aromatic carbocycles. The van der Waals surface area contributed by atoms with Crippen molar-refractivity contribution in [3.63, 3.8) is 0 Å². The van der Waals surface area contributed by atoms with Gasteiger partial charge in [0.15, 0.2) is 5.03 Å². The van der Waals surface area contributed by atoms with Crippen molar-refractivity contribution in [3.05, 3.63) is 12.3 Å². The Morgan fingerprint density at radius 2 is 1.92 bits per heavy atom. The Hall–Kier alpha value is -1.45. The number of hydrogen-bond donors (Lipinski definition) is 2. The number of nitrogens with zero attached hydrogens (tertiary/aromatic N) is 3. The molecule has 8 nitrogen and oxygen atoms in total. The number of piperazine rings is 1. The molecule has 1 unspecified atom stereocenters. The highest BCUT2D eigenvalue weighted by Crippen LogP contribution is 2.19. The number of nitrogens with one attached hydrogen (secondary N) is 2. The summed E-state index contributed by atoms with van der Waals surface area (Å²) >= 11 is 0. The van der Waals surface area contributed by atoms with Gasteiger partial charge in [-0.15, -0.1) is 0 Å². The fourth-order valence-electron chi connectivity index (χ4n) is 3.59. The fraction of sp³-hybridized carbons (Fsp3) is 0.750. The molecule has 3 rings (SSSR count). The first-order valence-electron chi connectivity index (χ1n) is 9.02. The van der Waals surface area contributed by atoms with E-state index in [0.717, 1.165) is 12.8 Å². The molecule has 0 radical (unpaired) electrons. The lowest BCUT2D eigenvalue weighted by atomic mass is 9.95. The van der Waals surface area contributed by atoms with E-state index in [1.165, 1.54) is 35.8 Å². The molecule has 1 saturated heterocycles. The second-order valence-electron chi connectivity index (χ2n) is 6.88. The highest BCUT2D eigenvalue weighted by molar-refractivity contribution is 7.89. The van der Waals surface area contributed by atoms with Crippen LogP contribution in [0.25, 0.3) is 0 Å². The van der Waals surface area contributed by atoms with Gasteiger partial charge in [0.25, 0.3) is 10.0 Å². The number of rotatable bonds is 5. The standard InChI is InChI=1S/C16H27N5O3S/c1-13(16(22)18-14-5-3-2-4-6-14)20-9-11-21(12-10-20)25(23,24)15-7-8-17-19-15/h7-8,13-14H,2-6,9-12H2,1H3,(H,17,19)(H,18,22). The lowest BCUT2D eigenvalue weighted by Gasteiger charge is -2.37. The van der Waals surface area contributed by atoms with Gasteiger partial charge in [-0.25, -0.2) is 8.42 Å². The molecule has 0 spiro atoms. The lowest BCUT2D eigenvalue weighted by Crippen LogP contribution is -2.55. The molecule has 1 aliphatic carbocycles. The van der Waals surface area contributed by atoms with Gasteiger partial charge in [-0.3, -0.25) is 14.8 Å². The molecule has 1 saturated carbocycles. The zero-order chi connectivity index (χ0) is 17.9. The third-order valence-electron chi connectivity index (χ3n) is 5.24. The van der Waals surface area contributed by atoms with Crippen molar-refractivity contribution in [2.45, 2.75) is 56.1 Å². The maximum absolute atomic E-state index is 12.5. The summed E-state index contributed by atoms with van der Waals surface area (Å²) in [4.78, 5) is 14.5. The highest BCUT2D eigenvalue weighted by atomic mass is 32.2. The monoisotopic (exact) mass is 369 g/mol. The minimum absolute atomic E-state index is 0.0526. The first-order valence-corrected chi connectivity index (χ1v) is 10.5. The van der Waals surface area contributed by atoms with Crippen molar-refractivity contribution >= 4 is 15.9 Å². The van der Waals surface area contributed by atoms with Crippen LogP contribution in [-0.4, -0.2) is 72.0 Å². The van der Waals surface area contributed by atoms with Gasteiger partial charge < -0.3 is 5.32 Å². The van der Waals surface area contributed by atoms with Crippen LogP contribution < -0.4 is 5.32 Å².